The number of nitrogens with zero attached hydrogens (tertiary/aromatic N) is 1. The Labute approximate surface area is 138 Å². The van der Waals surface area contributed by atoms with E-state index in [9.17, 15) is 9.90 Å². The molecule has 0 saturated heterocycles. The number of aromatic nitrogens is 1. The van der Waals surface area contributed by atoms with Crippen molar-refractivity contribution in [2.75, 3.05) is 6.61 Å². The second kappa shape index (κ2) is 6.36. The number of aliphatic hydroxyl groups is 1. The van der Waals surface area contributed by atoms with Gasteiger partial charge in [-0.1, -0.05) is 42.6 Å². The minimum absolute atomic E-state index is 0.0189. The number of carbonyl (C=O) groups is 1. The lowest BCUT2D eigenvalue weighted by molar-refractivity contribution is 0.0842. The highest BCUT2D eigenvalue weighted by atomic mass is 35.5. The van der Waals surface area contributed by atoms with Crippen molar-refractivity contribution in [2.24, 2.45) is 0 Å². The highest BCUT2D eigenvalue weighted by Crippen LogP contribution is 2.32. The molecule has 4 nitrogen and oxygen atoms in total. The topological polar surface area (TPSA) is 62.2 Å². The molecule has 3 rings (SSSR count). The van der Waals surface area contributed by atoms with E-state index in [1.165, 1.54) is 11.3 Å². The summed E-state index contributed by atoms with van der Waals surface area (Å²) in [6.45, 7) is -0.0189. The fourth-order valence-corrected chi connectivity index (χ4v) is 3.95. The SMILES string of the molecule is O=C(NC1(CO)CCCC1)c1cnc(-c2ccccc2Cl)s1. The normalized spacial score (nSPS) is 16.6. The summed E-state index contributed by atoms with van der Waals surface area (Å²) in [6, 6.07) is 7.44. The Kier molecular flexibility index (Phi) is 4.47. The van der Waals surface area contributed by atoms with Crippen LogP contribution in [0.25, 0.3) is 10.6 Å². The Morgan fingerprint density at radius 1 is 1.36 bits per heavy atom. The van der Waals surface area contributed by atoms with Crippen LogP contribution in [0, 0.1) is 0 Å². The van der Waals surface area contributed by atoms with Crippen molar-refractivity contribution in [1.82, 2.24) is 10.3 Å². The van der Waals surface area contributed by atoms with Gasteiger partial charge in [0.2, 0.25) is 0 Å². The van der Waals surface area contributed by atoms with Crippen LogP contribution in [-0.2, 0) is 0 Å². The van der Waals surface area contributed by atoms with Gasteiger partial charge in [-0.05, 0) is 18.9 Å². The van der Waals surface area contributed by atoms with E-state index in [1.807, 2.05) is 18.2 Å². The first-order valence-corrected chi connectivity index (χ1v) is 8.47. The third kappa shape index (κ3) is 3.02. The Hall–Kier alpha value is -1.43. The van der Waals surface area contributed by atoms with Gasteiger partial charge in [-0.15, -0.1) is 11.3 Å². The largest absolute Gasteiger partial charge is 0.394 e. The Balaban J connectivity index is 1.79. The summed E-state index contributed by atoms with van der Waals surface area (Å²) < 4.78 is 0. The number of halogens is 1. The molecule has 1 saturated carbocycles. The van der Waals surface area contributed by atoms with Crippen LogP contribution in [0.4, 0.5) is 0 Å². The quantitative estimate of drug-likeness (QED) is 0.898. The maximum Gasteiger partial charge on any atom is 0.263 e. The number of carbonyl (C=O) groups excluding carboxylic acids is 1. The van der Waals surface area contributed by atoms with Gasteiger partial charge >= 0.3 is 0 Å². The van der Waals surface area contributed by atoms with E-state index in [1.54, 1.807) is 12.3 Å². The van der Waals surface area contributed by atoms with E-state index < -0.39 is 5.54 Å². The van der Waals surface area contributed by atoms with Gasteiger partial charge in [-0.3, -0.25) is 4.79 Å². The lowest BCUT2D eigenvalue weighted by atomic mass is 9.99. The number of benzene rings is 1. The van der Waals surface area contributed by atoms with Crippen LogP contribution in [0.2, 0.25) is 5.02 Å². The van der Waals surface area contributed by atoms with Crippen LogP contribution >= 0.6 is 22.9 Å². The Morgan fingerprint density at radius 2 is 2.09 bits per heavy atom. The zero-order chi connectivity index (χ0) is 15.6. The summed E-state index contributed by atoms with van der Waals surface area (Å²) in [4.78, 5) is 17.2. The molecule has 1 aromatic carbocycles. The van der Waals surface area contributed by atoms with Gasteiger partial charge in [0.15, 0.2) is 0 Å². The first-order chi connectivity index (χ1) is 10.6. The van der Waals surface area contributed by atoms with Crippen molar-refractivity contribution in [3.8, 4) is 10.6 Å². The predicted molar refractivity (Wildman–Crippen MR) is 88.3 cm³/mol. The number of aliphatic hydroxyl groups excluding tert-OH is 1. The fraction of sp³-hybridized carbons (Fsp3) is 0.375. The van der Waals surface area contributed by atoms with Gasteiger partial charge in [0.25, 0.3) is 5.91 Å². The lowest BCUT2D eigenvalue weighted by Gasteiger charge is -2.27. The summed E-state index contributed by atoms with van der Waals surface area (Å²) >= 11 is 7.47. The van der Waals surface area contributed by atoms with Crippen molar-refractivity contribution in [3.05, 3.63) is 40.4 Å². The second-order valence-electron chi connectivity index (χ2n) is 5.61. The molecule has 0 spiro atoms. The zero-order valence-electron chi connectivity index (χ0n) is 12.0. The molecular weight excluding hydrogens is 320 g/mol. The highest BCUT2D eigenvalue weighted by Gasteiger charge is 2.35. The maximum atomic E-state index is 12.4. The van der Waals surface area contributed by atoms with Crippen LogP contribution in [0.15, 0.2) is 30.5 Å². The third-order valence-corrected chi connectivity index (χ3v) is 5.43. The van der Waals surface area contributed by atoms with Crippen molar-refractivity contribution in [2.45, 2.75) is 31.2 Å². The molecule has 116 valence electrons. The summed E-state index contributed by atoms with van der Waals surface area (Å²) in [5, 5.41) is 13.9. The lowest BCUT2D eigenvalue weighted by Crippen LogP contribution is -2.49. The molecule has 0 unspecified atom stereocenters. The molecule has 1 aliphatic rings. The minimum atomic E-state index is -0.467. The van der Waals surface area contributed by atoms with Crippen molar-refractivity contribution < 1.29 is 9.90 Å². The molecule has 1 amide bonds. The molecule has 1 aliphatic carbocycles. The monoisotopic (exact) mass is 336 g/mol. The van der Waals surface area contributed by atoms with Crippen molar-refractivity contribution in [1.29, 1.82) is 0 Å². The molecule has 1 aromatic heterocycles. The van der Waals surface area contributed by atoms with Crippen LogP contribution in [0.1, 0.15) is 35.4 Å². The first-order valence-electron chi connectivity index (χ1n) is 7.28. The maximum absolute atomic E-state index is 12.4. The Morgan fingerprint density at radius 3 is 2.77 bits per heavy atom. The molecule has 0 atom stereocenters. The van der Waals surface area contributed by atoms with Gasteiger partial charge in [-0.25, -0.2) is 4.98 Å². The molecule has 0 radical (unpaired) electrons. The Bertz CT molecular complexity index is 680. The van der Waals surface area contributed by atoms with Crippen molar-refractivity contribution >= 4 is 28.8 Å². The summed E-state index contributed by atoms with van der Waals surface area (Å²) in [6.07, 6.45) is 5.29. The van der Waals surface area contributed by atoms with E-state index in [2.05, 4.69) is 10.3 Å². The number of hydrogen-bond acceptors (Lipinski definition) is 4. The molecule has 2 N–H and O–H groups in total. The smallest absolute Gasteiger partial charge is 0.263 e. The van der Waals surface area contributed by atoms with Gasteiger partial charge in [0, 0.05) is 5.56 Å². The molecule has 1 heterocycles. The molecule has 1 fully saturated rings. The molecule has 0 bridgehead atoms. The van der Waals surface area contributed by atoms with E-state index >= 15 is 0 Å². The minimum Gasteiger partial charge on any atom is -0.394 e. The van der Waals surface area contributed by atoms with E-state index in [4.69, 9.17) is 11.6 Å². The predicted octanol–water partition coefficient (Wildman–Crippen LogP) is 3.50. The van der Waals surface area contributed by atoms with Gasteiger partial charge in [0.05, 0.1) is 23.4 Å². The van der Waals surface area contributed by atoms with Crippen LogP contribution in [-0.4, -0.2) is 28.1 Å². The molecule has 6 heteroatoms. The number of thiazole rings is 1. The summed E-state index contributed by atoms with van der Waals surface area (Å²) in [7, 11) is 0. The average molecular weight is 337 g/mol. The van der Waals surface area contributed by atoms with Crippen LogP contribution < -0.4 is 5.32 Å². The van der Waals surface area contributed by atoms with Crippen molar-refractivity contribution in [3.63, 3.8) is 0 Å². The fourth-order valence-electron chi connectivity index (χ4n) is 2.82. The number of hydrogen-bond donors (Lipinski definition) is 2. The average Bonchev–Trinajstić information content (AvgIpc) is 3.17. The highest BCUT2D eigenvalue weighted by molar-refractivity contribution is 7.17. The first kappa shape index (κ1) is 15.5. The van der Waals surface area contributed by atoms with E-state index in [0.29, 0.717) is 9.90 Å². The molecule has 22 heavy (non-hydrogen) atoms. The van der Waals surface area contributed by atoms with Crippen LogP contribution in [0.3, 0.4) is 0 Å². The standard InChI is InChI=1S/C16H17ClN2O2S/c17-12-6-2-1-5-11(12)15-18-9-13(22-15)14(21)19-16(10-20)7-3-4-8-16/h1-2,5-6,9,20H,3-4,7-8,10H2,(H,19,21). The molecule has 0 aliphatic heterocycles. The van der Waals surface area contributed by atoms with E-state index in [-0.39, 0.29) is 12.5 Å². The molecule has 2 aromatic rings. The van der Waals surface area contributed by atoms with Crippen LogP contribution in [0.5, 0.6) is 0 Å². The number of amides is 1. The van der Waals surface area contributed by atoms with Gasteiger partial charge < -0.3 is 10.4 Å². The van der Waals surface area contributed by atoms with Gasteiger partial charge in [0.1, 0.15) is 9.88 Å². The van der Waals surface area contributed by atoms with E-state index in [0.717, 1.165) is 36.3 Å². The van der Waals surface area contributed by atoms with Gasteiger partial charge in [-0.2, -0.15) is 0 Å². The number of nitrogens with one attached hydrogen (secondary N) is 1. The second-order valence-corrected chi connectivity index (χ2v) is 7.05. The summed E-state index contributed by atoms with van der Waals surface area (Å²) in [5.41, 5.74) is 0.358. The number of rotatable bonds is 4. The summed E-state index contributed by atoms with van der Waals surface area (Å²) in [5.74, 6) is -0.174. The molecular formula is C16H17ClN2O2S. The zero-order valence-corrected chi connectivity index (χ0v) is 13.6. The third-order valence-electron chi connectivity index (χ3n) is 4.08.